The Hall–Kier alpha value is -3.91. The zero-order valence-electron chi connectivity index (χ0n) is 18.5. The van der Waals surface area contributed by atoms with Crippen molar-refractivity contribution in [3.8, 4) is 34.3 Å². The molecule has 0 saturated heterocycles. The van der Waals surface area contributed by atoms with E-state index in [1.807, 2.05) is 19.1 Å². The lowest BCUT2D eigenvalue weighted by Crippen LogP contribution is -2.05. The van der Waals surface area contributed by atoms with Crippen molar-refractivity contribution < 1.29 is 23.0 Å². The van der Waals surface area contributed by atoms with Crippen LogP contribution in [0.1, 0.15) is 22.4 Å². The average Bonchev–Trinajstić information content (AvgIpc) is 2.84. The van der Waals surface area contributed by atoms with E-state index in [2.05, 4.69) is 21.5 Å². The molecular formula is C26H19ClF3N3O2. The highest BCUT2D eigenvalue weighted by Crippen LogP contribution is 2.42. The molecule has 0 aliphatic carbocycles. The van der Waals surface area contributed by atoms with E-state index in [0.29, 0.717) is 22.0 Å². The van der Waals surface area contributed by atoms with Gasteiger partial charge in [-0.25, -0.2) is 4.98 Å². The number of ether oxygens (including phenoxy) is 1. The van der Waals surface area contributed by atoms with Crippen molar-refractivity contribution in [2.75, 3.05) is 0 Å². The number of benzene rings is 2. The van der Waals surface area contributed by atoms with Gasteiger partial charge in [0.25, 0.3) is 0 Å². The van der Waals surface area contributed by atoms with E-state index in [1.165, 1.54) is 18.2 Å². The van der Waals surface area contributed by atoms with E-state index in [1.54, 1.807) is 24.4 Å². The molecule has 0 bridgehead atoms. The molecule has 2 aromatic heterocycles. The highest BCUT2D eigenvalue weighted by molar-refractivity contribution is 6.33. The Bertz CT molecular complexity index is 1380. The van der Waals surface area contributed by atoms with Gasteiger partial charge in [0.05, 0.1) is 33.1 Å². The van der Waals surface area contributed by atoms with Crippen molar-refractivity contribution in [3.63, 3.8) is 0 Å². The van der Waals surface area contributed by atoms with E-state index >= 15 is 0 Å². The maximum absolute atomic E-state index is 13.0. The molecule has 4 aromatic rings. The molecular weight excluding hydrogens is 479 g/mol. The Morgan fingerprint density at radius 1 is 1.06 bits per heavy atom. The number of halogens is 4. The molecule has 0 spiro atoms. The Balaban J connectivity index is 1.84. The van der Waals surface area contributed by atoms with E-state index in [0.717, 1.165) is 17.7 Å². The zero-order chi connectivity index (χ0) is 25.2. The highest BCUT2D eigenvalue weighted by atomic mass is 35.5. The maximum Gasteiger partial charge on any atom is 0.416 e. The molecule has 0 aliphatic rings. The number of hydrogen-bond donors (Lipinski definition) is 1. The van der Waals surface area contributed by atoms with Crippen molar-refractivity contribution in [2.24, 2.45) is 0 Å². The standard InChI is InChI=1S/C26H19ClF3N3O2/c1-3-19-22(32-24(33-25(19)34)16-8-10-17(11-9-16)26(28,29)30)21-20(27)12-7-15(2)23(21)35-14-18-6-4-5-13-31-18/h3-13H,1,14H2,2H3,(H,32,33,34). The van der Waals surface area contributed by atoms with Crippen molar-refractivity contribution >= 4 is 17.7 Å². The van der Waals surface area contributed by atoms with Gasteiger partial charge in [-0.15, -0.1) is 0 Å². The van der Waals surface area contributed by atoms with Gasteiger partial charge >= 0.3 is 6.18 Å². The quantitative estimate of drug-likeness (QED) is 0.307. The van der Waals surface area contributed by atoms with Crippen LogP contribution in [-0.2, 0) is 12.8 Å². The fraction of sp³-hybridized carbons (Fsp3) is 0.115. The van der Waals surface area contributed by atoms with Crippen LogP contribution in [0.5, 0.6) is 11.6 Å². The fourth-order valence-corrected chi connectivity index (χ4v) is 3.71. The van der Waals surface area contributed by atoms with Gasteiger partial charge in [0.2, 0.25) is 5.88 Å². The maximum atomic E-state index is 13.0. The molecule has 9 heteroatoms. The van der Waals surface area contributed by atoms with Gasteiger partial charge in [0.15, 0.2) is 5.82 Å². The van der Waals surface area contributed by atoms with Crippen LogP contribution >= 0.6 is 11.6 Å². The molecule has 178 valence electrons. The third-order valence-electron chi connectivity index (χ3n) is 5.23. The van der Waals surface area contributed by atoms with Crippen LogP contribution in [0.3, 0.4) is 0 Å². The molecule has 0 radical (unpaired) electrons. The Morgan fingerprint density at radius 2 is 1.80 bits per heavy atom. The van der Waals surface area contributed by atoms with E-state index < -0.39 is 17.6 Å². The van der Waals surface area contributed by atoms with Gasteiger partial charge in [-0.1, -0.05) is 48.5 Å². The lowest BCUT2D eigenvalue weighted by Gasteiger charge is -2.18. The minimum atomic E-state index is -4.48. The smallest absolute Gasteiger partial charge is 0.416 e. The summed E-state index contributed by atoms with van der Waals surface area (Å²) < 4.78 is 45.0. The topological polar surface area (TPSA) is 68.1 Å². The van der Waals surface area contributed by atoms with Crippen LogP contribution in [0.15, 0.2) is 67.4 Å². The van der Waals surface area contributed by atoms with Crippen molar-refractivity contribution in [1.82, 2.24) is 15.0 Å². The summed E-state index contributed by atoms with van der Waals surface area (Å²) in [7, 11) is 0. The summed E-state index contributed by atoms with van der Waals surface area (Å²) in [6.45, 7) is 5.72. The third-order valence-corrected chi connectivity index (χ3v) is 5.55. The summed E-state index contributed by atoms with van der Waals surface area (Å²) in [5.74, 6) is 0.0425. The summed E-state index contributed by atoms with van der Waals surface area (Å²) in [6.07, 6.45) is -1.45. The fourth-order valence-electron chi connectivity index (χ4n) is 3.47. The minimum Gasteiger partial charge on any atom is -0.493 e. The SMILES string of the molecule is C=Cc1c(O)nc(-c2ccc(C(F)(F)F)cc2)nc1-c1c(Cl)ccc(C)c1OCc1ccccn1. The predicted octanol–water partition coefficient (Wildman–Crippen LogP) is 7.11. The first-order valence-corrected chi connectivity index (χ1v) is 10.8. The normalized spacial score (nSPS) is 11.3. The second kappa shape index (κ2) is 9.76. The van der Waals surface area contributed by atoms with Gasteiger partial charge in [-0.05, 0) is 42.8 Å². The number of rotatable bonds is 6. The number of hydrogen-bond acceptors (Lipinski definition) is 5. The molecule has 0 atom stereocenters. The van der Waals surface area contributed by atoms with Crippen LogP contribution in [0.4, 0.5) is 13.2 Å². The molecule has 5 nitrogen and oxygen atoms in total. The summed E-state index contributed by atoms with van der Waals surface area (Å²) in [5, 5.41) is 10.9. The number of alkyl halides is 3. The first kappa shape index (κ1) is 24.2. The molecule has 0 unspecified atom stereocenters. The predicted molar refractivity (Wildman–Crippen MR) is 128 cm³/mol. The van der Waals surface area contributed by atoms with Gasteiger partial charge < -0.3 is 9.84 Å². The van der Waals surface area contributed by atoms with Gasteiger partial charge in [-0.2, -0.15) is 18.2 Å². The Kier molecular flexibility index (Phi) is 6.75. The summed E-state index contributed by atoms with van der Waals surface area (Å²) in [6, 6.07) is 13.2. The number of aromatic nitrogens is 3. The zero-order valence-corrected chi connectivity index (χ0v) is 19.2. The van der Waals surface area contributed by atoms with Gasteiger partial charge in [0.1, 0.15) is 12.4 Å². The van der Waals surface area contributed by atoms with Crippen LogP contribution in [0, 0.1) is 6.92 Å². The average molecular weight is 498 g/mol. The number of pyridine rings is 1. The Morgan fingerprint density at radius 3 is 2.43 bits per heavy atom. The Labute approximate surface area is 204 Å². The molecule has 2 aromatic carbocycles. The third kappa shape index (κ3) is 5.12. The lowest BCUT2D eigenvalue weighted by molar-refractivity contribution is -0.137. The van der Waals surface area contributed by atoms with Crippen molar-refractivity contribution in [2.45, 2.75) is 19.7 Å². The van der Waals surface area contributed by atoms with Crippen molar-refractivity contribution in [1.29, 1.82) is 0 Å². The second-order valence-electron chi connectivity index (χ2n) is 7.59. The minimum absolute atomic E-state index is 0.0186. The molecule has 0 amide bonds. The lowest BCUT2D eigenvalue weighted by atomic mass is 10.0. The molecule has 35 heavy (non-hydrogen) atoms. The highest BCUT2D eigenvalue weighted by Gasteiger charge is 2.30. The first-order chi connectivity index (χ1) is 16.7. The van der Waals surface area contributed by atoms with Crippen LogP contribution in [0.2, 0.25) is 5.02 Å². The molecule has 4 rings (SSSR count). The van der Waals surface area contributed by atoms with E-state index in [-0.39, 0.29) is 29.3 Å². The molecule has 0 saturated carbocycles. The van der Waals surface area contributed by atoms with E-state index in [9.17, 15) is 18.3 Å². The molecule has 2 heterocycles. The monoisotopic (exact) mass is 497 g/mol. The van der Waals surface area contributed by atoms with Crippen LogP contribution in [0.25, 0.3) is 28.7 Å². The second-order valence-corrected chi connectivity index (χ2v) is 8.00. The first-order valence-electron chi connectivity index (χ1n) is 10.4. The molecule has 1 N–H and O–H groups in total. The number of aryl methyl sites for hydroxylation is 1. The van der Waals surface area contributed by atoms with Gasteiger partial charge in [0, 0.05) is 11.8 Å². The molecule has 0 fully saturated rings. The number of aromatic hydroxyl groups is 1. The van der Waals surface area contributed by atoms with Gasteiger partial charge in [-0.3, -0.25) is 4.98 Å². The van der Waals surface area contributed by atoms with Crippen LogP contribution < -0.4 is 4.74 Å². The molecule has 0 aliphatic heterocycles. The summed E-state index contributed by atoms with van der Waals surface area (Å²) in [4.78, 5) is 12.9. The summed E-state index contributed by atoms with van der Waals surface area (Å²) >= 11 is 6.57. The van der Waals surface area contributed by atoms with E-state index in [4.69, 9.17) is 16.3 Å². The number of nitrogens with zero attached hydrogens (tertiary/aromatic N) is 3. The summed E-state index contributed by atoms with van der Waals surface area (Å²) in [5.41, 5.74) is 1.75. The van der Waals surface area contributed by atoms with Crippen LogP contribution in [-0.4, -0.2) is 20.1 Å². The van der Waals surface area contributed by atoms with Crippen molar-refractivity contribution in [3.05, 3.63) is 94.8 Å². The largest absolute Gasteiger partial charge is 0.493 e.